The molecule has 0 spiro atoms. The summed E-state index contributed by atoms with van der Waals surface area (Å²) < 4.78 is 4.76. The third-order valence-electron chi connectivity index (χ3n) is 2.52. The van der Waals surface area contributed by atoms with E-state index in [2.05, 4.69) is 9.97 Å². The summed E-state index contributed by atoms with van der Waals surface area (Å²) in [5.74, 6) is 0.205. The molecule has 0 fully saturated rings. The van der Waals surface area contributed by atoms with Crippen molar-refractivity contribution in [1.29, 1.82) is 0 Å². The molecule has 0 saturated carbocycles. The van der Waals surface area contributed by atoms with Crippen LogP contribution in [0.2, 0.25) is 0 Å². The zero-order valence-electron chi connectivity index (χ0n) is 10.5. The van der Waals surface area contributed by atoms with E-state index in [1.165, 1.54) is 7.11 Å². The average molecular weight is 222 g/mol. The molecule has 88 valence electrons. The Bertz CT molecular complexity index is 400. The van der Waals surface area contributed by atoms with E-state index in [-0.39, 0.29) is 5.97 Å². The Morgan fingerprint density at radius 2 is 2.06 bits per heavy atom. The molecule has 4 nitrogen and oxygen atoms in total. The monoisotopic (exact) mass is 222 g/mol. The lowest BCUT2D eigenvalue weighted by atomic mass is 9.92. The van der Waals surface area contributed by atoms with Crippen LogP contribution in [0.4, 0.5) is 0 Å². The van der Waals surface area contributed by atoms with E-state index in [1.54, 1.807) is 13.8 Å². The van der Waals surface area contributed by atoms with Gasteiger partial charge in [0.25, 0.3) is 0 Å². The van der Waals surface area contributed by atoms with Gasteiger partial charge in [0.15, 0.2) is 0 Å². The highest BCUT2D eigenvalue weighted by molar-refractivity contribution is 5.80. The Labute approximate surface area is 96.1 Å². The van der Waals surface area contributed by atoms with Crippen LogP contribution in [0.1, 0.15) is 38.0 Å². The summed E-state index contributed by atoms with van der Waals surface area (Å²) >= 11 is 0. The lowest BCUT2D eigenvalue weighted by Gasteiger charge is -2.20. The van der Waals surface area contributed by atoms with Crippen molar-refractivity contribution in [3.8, 4) is 0 Å². The SMILES string of the molecule is CCc1cc(C)nc(C(C)(C)C(=O)OC)n1. The van der Waals surface area contributed by atoms with Crippen molar-refractivity contribution >= 4 is 5.97 Å². The van der Waals surface area contributed by atoms with Crippen molar-refractivity contribution in [2.75, 3.05) is 7.11 Å². The number of esters is 1. The first-order chi connectivity index (χ1) is 7.41. The van der Waals surface area contributed by atoms with E-state index < -0.39 is 5.41 Å². The van der Waals surface area contributed by atoms with E-state index in [0.717, 1.165) is 17.8 Å². The van der Waals surface area contributed by atoms with Gasteiger partial charge in [-0.05, 0) is 33.3 Å². The molecular formula is C12H18N2O2. The smallest absolute Gasteiger partial charge is 0.318 e. The summed E-state index contributed by atoms with van der Waals surface area (Å²) in [6.07, 6.45) is 0.827. The first kappa shape index (κ1) is 12.6. The van der Waals surface area contributed by atoms with Crippen LogP contribution in [0.5, 0.6) is 0 Å². The highest BCUT2D eigenvalue weighted by Crippen LogP contribution is 2.21. The molecule has 0 aliphatic carbocycles. The van der Waals surface area contributed by atoms with Gasteiger partial charge in [-0.1, -0.05) is 6.92 Å². The summed E-state index contributed by atoms with van der Waals surface area (Å²) in [7, 11) is 1.38. The van der Waals surface area contributed by atoms with Gasteiger partial charge >= 0.3 is 5.97 Å². The van der Waals surface area contributed by atoms with Crippen molar-refractivity contribution in [2.45, 2.75) is 39.5 Å². The van der Waals surface area contributed by atoms with Crippen LogP contribution in [0.25, 0.3) is 0 Å². The summed E-state index contributed by atoms with van der Waals surface area (Å²) in [6.45, 7) is 7.47. The molecule has 0 saturated heterocycles. The van der Waals surface area contributed by atoms with Crippen molar-refractivity contribution in [3.05, 3.63) is 23.3 Å². The van der Waals surface area contributed by atoms with Gasteiger partial charge in [-0.25, -0.2) is 9.97 Å². The minimum atomic E-state index is -0.801. The number of hydrogen-bond donors (Lipinski definition) is 0. The molecular weight excluding hydrogens is 204 g/mol. The summed E-state index contributed by atoms with van der Waals surface area (Å²) in [5, 5.41) is 0. The molecule has 0 N–H and O–H groups in total. The number of nitrogens with zero attached hydrogens (tertiary/aromatic N) is 2. The Morgan fingerprint density at radius 3 is 2.56 bits per heavy atom. The molecule has 0 unspecified atom stereocenters. The lowest BCUT2D eigenvalue weighted by molar-refractivity contribution is -0.146. The third kappa shape index (κ3) is 2.38. The number of methoxy groups -OCH3 is 1. The molecule has 0 radical (unpaired) electrons. The number of ether oxygens (including phenoxy) is 1. The van der Waals surface area contributed by atoms with Crippen LogP contribution in [0.15, 0.2) is 6.07 Å². The molecule has 0 atom stereocenters. The van der Waals surface area contributed by atoms with Crippen LogP contribution >= 0.6 is 0 Å². The number of aromatic nitrogens is 2. The highest BCUT2D eigenvalue weighted by Gasteiger charge is 2.34. The van der Waals surface area contributed by atoms with Gasteiger partial charge in [0.05, 0.1) is 7.11 Å². The molecule has 1 heterocycles. The minimum Gasteiger partial charge on any atom is -0.468 e. The average Bonchev–Trinajstić information content (AvgIpc) is 2.26. The maximum Gasteiger partial charge on any atom is 0.318 e. The van der Waals surface area contributed by atoms with Crippen molar-refractivity contribution in [3.63, 3.8) is 0 Å². The largest absolute Gasteiger partial charge is 0.468 e. The quantitative estimate of drug-likeness (QED) is 0.732. The normalized spacial score (nSPS) is 11.3. The number of hydrogen-bond acceptors (Lipinski definition) is 4. The van der Waals surface area contributed by atoms with Crippen molar-refractivity contribution in [1.82, 2.24) is 9.97 Å². The number of aryl methyl sites for hydroxylation is 2. The summed E-state index contributed by atoms with van der Waals surface area (Å²) in [6, 6.07) is 1.93. The van der Waals surface area contributed by atoms with Crippen LogP contribution in [0.3, 0.4) is 0 Å². The molecule has 1 rings (SSSR count). The maximum absolute atomic E-state index is 11.6. The predicted molar refractivity (Wildman–Crippen MR) is 61.2 cm³/mol. The van der Waals surface area contributed by atoms with E-state index in [4.69, 9.17) is 4.74 Å². The fourth-order valence-electron chi connectivity index (χ4n) is 1.44. The fourth-order valence-corrected chi connectivity index (χ4v) is 1.44. The van der Waals surface area contributed by atoms with Gasteiger partial charge in [0.2, 0.25) is 0 Å². The molecule has 16 heavy (non-hydrogen) atoms. The molecule has 4 heteroatoms. The maximum atomic E-state index is 11.6. The van der Waals surface area contributed by atoms with Gasteiger partial charge in [0, 0.05) is 11.4 Å². The first-order valence-electron chi connectivity index (χ1n) is 5.35. The van der Waals surface area contributed by atoms with Crippen LogP contribution < -0.4 is 0 Å². The van der Waals surface area contributed by atoms with E-state index >= 15 is 0 Å². The van der Waals surface area contributed by atoms with Gasteiger partial charge in [-0.2, -0.15) is 0 Å². The summed E-state index contributed by atoms with van der Waals surface area (Å²) in [4.78, 5) is 20.3. The summed E-state index contributed by atoms with van der Waals surface area (Å²) in [5.41, 5.74) is 1.02. The Hall–Kier alpha value is -1.45. The molecule has 0 aliphatic rings. The topological polar surface area (TPSA) is 52.1 Å². The Morgan fingerprint density at radius 1 is 1.44 bits per heavy atom. The standard InChI is InChI=1S/C12H18N2O2/c1-6-9-7-8(2)13-10(14-9)12(3,4)11(15)16-5/h7H,6H2,1-5H3. The highest BCUT2D eigenvalue weighted by atomic mass is 16.5. The van der Waals surface area contributed by atoms with Gasteiger partial charge < -0.3 is 4.74 Å². The second kappa shape index (κ2) is 4.60. The fraction of sp³-hybridized carbons (Fsp3) is 0.583. The van der Waals surface area contributed by atoms with Gasteiger partial charge in [-0.3, -0.25) is 4.79 Å². The lowest BCUT2D eigenvalue weighted by Crippen LogP contribution is -2.33. The van der Waals surface area contributed by atoms with Crippen molar-refractivity contribution < 1.29 is 9.53 Å². The Kier molecular flexibility index (Phi) is 3.62. The van der Waals surface area contributed by atoms with Crippen LogP contribution in [-0.2, 0) is 21.4 Å². The molecule has 0 amide bonds. The van der Waals surface area contributed by atoms with E-state index in [1.807, 2.05) is 19.9 Å². The molecule has 0 aliphatic heterocycles. The Balaban J connectivity index is 3.21. The minimum absolute atomic E-state index is 0.319. The van der Waals surface area contributed by atoms with Gasteiger partial charge in [-0.15, -0.1) is 0 Å². The molecule has 1 aromatic rings. The number of carbonyl (C=O) groups excluding carboxylic acids is 1. The predicted octanol–water partition coefficient (Wildman–Crippen LogP) is 1.80. The zero-order valence-corrected chi connectivity index (χ0v) is 10.5. The zero-order chi connectivity index (χ0) is 12.3. The number of rotatable bonds is 3. The van der Waals surface area contributed by atoms with E-state index in [0.29, 0.717) is 5.82 Å². The molecule has 1 aromatic heterocycles. The van der Waals surface area contributed by atoms with Gasteiger partial charge in [0.1, 0.15) is 11.2 Å². The molecule has 0 aromatic carbocycles. The first-order valence-corrected chi connectivity index (χ1v) is 5.35. The number of carbonyl (C=O) groups is 1. The van der Waals surface area contributed by atoms with E-state index in [9.17, 15) is 4.79 Å². The van der Waals surface area contributed by atoms with Crippen molar-refractivity contribution in [2.24, 2.45) is 0 Å². The van der Waals surface area contributed by atoms with Crippen LogP contribution in [-0.4, -0.2) is 23.0 Å². The van der Waals surface area contributed by atoms with Crippen LogP contribution in [0, 0.1) is 6.92 Å². The second-order valence-corrected chi connectivity index (χ2v) is 4.29. The third-order valence-corrected chi connectivity index (χ3v) is 2.52. The molecule has 0 bridgehead atoms. The second-order valence-electron chi connectivity index (χ2n) is 4.29.